The fourth-order valence-electron chi connectivity index (χ4n) is 3.34. The summed E-state index contributed by atoms with van der Waals surface area (Å²) in [5.74, 6) is 0.231. The van der Waals surface area contributed by atoms with Crippen molar-refractivity contribution in [2.75, 3.05) is 13.1 Å². The topological polar surface area (TPSA) is 20.3 Å². The van der Waals surface area contributed by atoms with Crippen molar-refractivity contribution >= 4 is 5.91 Å². The Hall–Kier alpha value is -2.30. The maximum Gasteiger partial charge on any atom is 0.416 e. The minimum Gasteiger partial charge on any atom is -0.339 e. The van der Waals surface area contributed by atoms with Crippen LogP contribution < -0.4 is 0 Å². The van der Waals surface area contributed by atoms with E-state index in [1.54, 1.807) is 4.90 Å². The van der Waals surface area contributed by atoms with E-state index in [0.29, 0.717) is 24.6 Å². The Kier molecular flexibility index (Phi) is 5.11. The van der Waals surface area contributed by atoms with Gasteiger partial charge in [0, 0.05) is 18.7 Å². The molecule has 1 unspecified atom stereocenters. The molecule has 0 aliphatic carbocycles. The second-order valence-electron chi connectivity index (χ2n) is 6.41. The van der Waals surface area contributed by atoms with Crippen LogP contribution in [-0.2, 0) is 6.18 Å². The van der Waals surface area contributed by atoms with Gasteiger partial charge in [-0.25, -0.2) is 0 Å². The summed E-state index contributed by atoms with van der Waals surface area (Å²) in [6.45, 7) is 1.27. The van der Waals surface area contributed by atoms with Gasteiger partial charge < -0.3 is 4.90 Å². The first-order chi connectivity index (χ1) is 11.9. The summed E-state index contributed by atoms with van der Waals surface area (Å²) in [5.41, 5.74) is 0.863. The molecule has 1 heterocycles. The molecule has 0 bridgehead atoms. The second-order valence-corrected chi connectivity index (χ2v) is 6.41. The number of hydrogen-bond acceptors (Lipinski definition) is 1. The van der Waals surface area contributed by atoms with Crippen molar-refractivity contribution in [3.05, 3.63) is 71.3 Å². The van der Waals surface area contributed by atoms with Crippen molar-refractivity contribution in [1.29, 1.82) is 0 Å². The van der Waals surface area contributed by atoms with E-state index < -0.39 is 11.7 Å². The molecule has 0 N–H and O–H groups in total. The van der Waals surface area contributed by atoms with Gasteiger partial charge in [-0.3, -0.25) is 4.79 Å². The van der Waals surface area contributed by atoms with Gasteiger partial charge in [-0.05, 0) is 55.0 Å². The van der Waals surface area contributed by atoms with Crippen LogP contribution in [-0.4, -0.2) is 23.9 Å². The number of halogens is 3. The van der Waals surface area contributed by atoms with Crippen LogP contribution in [0, 0.1) is 0 Å². The highest BCUT2D eigenvalue weighted by molar-refractivity contribution is 5.94. The summed E-state index contributed by atoms with van der Waals surface area (Å²) in [5, 5.41) is 0. The summed E-state index contributed by atoms with van der Waals surface area (Å²) < 4.78 is 37.9. The molecule has 132 valence electrons. The van der Waals surface area contributed by atoms with Gasteiger partial charge in [0.25, 0.3) is 5.91 Å². The lowest BCUT2D eigenvalue weighted by molar-refractivity contribution is -0.137. The van der Waals surface area contributed by atoms with Crippen LogP contribution in [0.5, 0.6) is 0 Å². The third-order valence-electron chi connectivity index (χ3n) is 4.75. The lowest BCUT2D eigenvalue weighted by Gasteiger charge is -2.21. The number of rotatable bonds is 2. The average molecular weight is 347 g/mol. The maximum absolute atomic E-state index is 12.6. The number of benzene rings is 2. The van der Waals surface area contributed by atoms with Gasteiger partial charge in [-0.2, -0.15) is 13.2 Å². The first-order valence-corrected chi connectivity index (χ1v) is 8.46. The summed E-state index contributed by atoms with van der Waals surface area (Å²) in [7, 11) is 0. The Balaban J connectivity index is 1.67. The van der Waals surface area contributed by atoms with Gasteiger partial charge in [0.1, 0.15) is 0 Å². The quantitative estimate of drug-likeness (QED) is 0.739. The van der Waals surface area contributed by atoms with Crippen molar-refractivity contribution < 1.29 is 18.0 Å². The summed E-state index contributed by atoms with van der Waals surface area (Å²) >= 11 is 0. The van der Waals surface area contributed by atoms with E-state index in [9.17, 15) is 18.0 Å². The number of amides is 1. The normalized spacial score (nSPS) is 18.7. The van der Waals surface area contributed by atoms with Crippen molar-refractivity contribution in [1.82, 2.24) is 4.90 Å². The highest BCUT2D eigenvalue weighted by Crippen LogP contribution is 2.30. The summed E-state index contributed by atoms with van der Waals surface area (Å²) in [6, 6.07) is 14.7. The van der Waals surface area contributed by atoms with E-state index >= 15 is 0 Å². The predicted octanol–water partition coefficient (Wildman–Crippen LogP) is 5.12. The molecule has 2 nitrogen and oxygen atoms in total. The van der Waals surface area contributed by atoms with Crippen LogP contribution in [0.25, 0.3) is 0 Å². The van der Waals surface area contributed by atoms with E-state index in [1.807, 2.05) is 18.2 Å². The Morgan fingerprint density at radius 1 is 0.920 bits per heavy atom. The van der Waals surface area contributed by atoms with E-state index in [1.165, 1.54) is 17.7 Å². The molecule has 1 fully saturated rings. The molecule has 0 radical (unpaired) electrons. The molecule has 0 saturated carbocycles. The molecule has 0 spiro atoms. The smallest absolute Gasteiger partial charge is 0.339 e. The number of carbonyl (C=O) groups excluding carboxylic acids is 1. The monoisotopic (exact) mass is 347 g/mol. The maximum atomic E-state index is 12.6. The molecule has 2 aromatic carbocycles. The van der Waals surface area contributed by atoms with E-state index in [-0.39, 0.29) is 5.91 Å². The molecule has 25 heavy (non-hydrogen) atoms. The standard InChI is InChI=1S/C20H20F3NO/c21-20(22,23)18-10-8-17(9-11-18)19(25)24-13-4-7-16(12-14-24)15-5-2-1-3-6-15/h1-3,5-6,8-11,16H,4,7,12-14H2. The van der Waals surface area contributed by atoms with E-state index in [4.69, 9.17) is 0 Å². The van der Waals surface area contributed by atoms with Crippen LogP contribution in [0.1, 0.15) is 46.7 Å². The fraction of sp³-hybridized carbons (Fsp3) is 0.350. The first kappa shape index (κ1) is 17.5. The molecule has 1 amide bonds. The molecular formula is C20H20F3NO. The highest BCUT2D eigenvalue weighted by Gasteiger charge is 2.30. The van der Waals surface area contributed by atoms with Crippen molar-refractivity contribution in [3.63, 3.8) is 0 Å². The van der Waals surface area contributed by atoms with Gasteiger partial charge in [0.05, 0.1) is 5.56 Å². The van der Waals surface area contributed by atoms with Crippen molar-refractivity contribution in [2.24, 2.45) is 0 Å². The lowest BCUT2D eigenvalue weighted by atomic mass is 9.92. The van der Waals surface area contributed by atoms with Crippen molar-refractivity contribution in [2.45, 2.75) is 31.4 Å². The predicted molar refractivity (Wildman–Crippen MR) is 90.4 cm³/mol. The lowest BCUT2D eigenvalue weighted by Crippen LogP contribution is -2.32. The SMILES string of the molecule is O=C(c1ccc(C(F)(F)F)cc1)N1CCCC(c2ccccc2)CC1. The average Bonchev–Trinajstić information content (AvgIpc) is 2.87. The fourth-order valence-corrected chi connectivity index (χ4v) is 3.34. The number of hydrogen-bond donors (Lipinski definition) is 0. The molecule has 3 rings (SSSR count). The molecule has 1 aliphatic rings. The Bertz CT molecular complexity index is 710. The number of nitrogens with zero attached hydrogens (tertiary/aromatic N) is 1. The van der Waals surface area contributed by atoms with Gasteiger partial charge in [0.15, 0.2) is 0 Å². The molecule has 1 saturated heterocycles. The largest absolute Gasteiger partial charge is 0.416 e. The third-order valence-corrected chi connectivity index (χ3v) is 4.75. The third kappa shape index (κ3) is 4.21. The molecular weight excluding hydrogens is 327 g/mol. The number of carbonyl (C=O) groups is 1. The second kappa shape index (κ2) is 7.30. The highest BCUT2D eigenvalue weighted by atomic mass is 19.4. The van der Waals surface area contributed by atoms with Crippen LogP contribution in [0.2, 0.25) is 0 Å². The van der Waals surface area contributed by atoms with Crippen LogP contribution >= 0.6 is 0 Å². The van der Waals surface area contributed by atoms with Crippen molar-refractivity contribution in [3.8, 4) is 0 Å². The van der Waals surface area contributed by atoms with Crippen LogP contribution in [0.15, 0.2) is 54.6 Å². The minimum absolute atomic E-state index is 0.192. The van der Waals surface area contributed by atoms with Gasteiger partial charge in [-0.15, -0.1) is 0 Å². The van der Waals surface area contributed by atoms with Gasteiger partial charge in [0.2, 0.25) is 0 Å². The zero-order valence-corrected chi connectivity index (χ0v) is 13.8. The summed E-state index contributed by atoms with van der Waals surface area (Å²) in [6.07, 6.45) is -1.60. The molecule has 5 heteroatoms. The van der Waals surface area contributed by atoms with E-state index in [0.717, 1.165) is 31.4 Å². The zero-order chi connectivity index (χ0) is 17.9. The van der Waals surface area contributed by atoms with Gasteiger partial charge in [-0.1, -0.05) is 30.3 Å². The number of likely N-dealkylation sites (tertiary alicyclic amines) is 1. The van der Waals surface area contributed by atoms with E-state index in [2.05, 4.69) is 12.1 Å². The Morgan fingerprint density at radius 2 is 1.60 bits per heavy atom. The molecule has 2 aromatic rings. The molecule has 0 aromatic heterocycles. The Morgan fingerprint density at radius 3 is 2.24 bits per heavy atom. The van der Waals surface area contributed by atoms with Gasteiger partial charge >= 0.3 is 6.18 Å². The number of alkyl halides is 3. The molecule has 1 aliphatic heterocycles. The summed E-state index contributed by atoms with van der Waals surface area (Å²) in [4.78, 5) is 14.4. The first-order valence-electron chi connectivity index (χ1n) is 8.46. The zero-order valence-electron chi connectivity index (χ0n) is 13.8. The minimum atomic E-state index is -4.38. The van der Waals surface area contributed by atoms with Crippen LogP contribution in [0.3, 0.4) is 0 Å². The van der Waals surface area contributed by atoms with Crippen LogP contribution in [0.4, 0.5) is 13.2 Å². The Labute approximate surface area is 145 Å². The molecule has 1 atom stereocenters.